The van der Waals surface area contributed by atoms with Gasteiger partial charge in [-0.15, -0.1) is 10.2 Å². The monoisotopic (exact) mass is 306 g/mol. The molecule has 1 aliphatic rings. The van der Waals surface area contributed by atoms with Crippen molar-refractivity contribution in [1.82, 2.24) is 20.0 Å². The zero-order valence-corrected chi connectivity index (χ0v) is 11.8. The molecule has 0 atom stereocenters. The van der Waals surface area contributed by atoms with E-state index in [1.165, 1.54) is 4.68 Å². The number of nitrogens with zero attached hydrogens (tertiary/aromatic N) is 3. The molecule has 5 rings (SSSR count). The van der Waals surface area contributed by atoms with Crippen LogP contribution in [0.25, 0.3) is 27.6 Å². The zero-order chi connectivity index (χ0) is 15.4. The lowest BCUT2D eigenvalue weighted by Crippen LogP contribution is -2.14. The van der Waals surface area contributed by atoms with Gasteiger partial charge in [-0.2, -0.15) is 0 Å². The molecule has 7 nitrogen and oxygen atoms in total. The first-order valence-electron chi connectivity index (χ1n) is 7.07. The second kappa shape index (κ2) is 4.33. The minimum absolute atomic E-state index is 0.184. The third kappa shape index (κ3) is 1.67. The van der Waals surface area contributed by atoms with Crippen LogP contribution in [-0.4, -0.2) is 26.8 Å². The highest BCUT2D eigenvalue weighted by Crippen LogP contribution is 2.36. The number of aromatic nitrogens is 4. The van der Waals surface area contributed by atoms with Crippen LogP contribution in [0.1, 0.15) is 0 Å². The fraction of sp³-hybridized carbons (Fsp3) is 0.0625. The van der Waals surface area contributed by atoms with Crippen molar-refractivity contribution in [3.05, 3.63) is 52.8 Å². The molecule has 0 saturated carbocycles. The van der Waals surface area contributed by atoms with Crippen molar-refractivity contribution in [1.29, 1.82) is 0 Å². The maximum Gasteiger partial charge on any atom is 0.299 e. The van der Waals surface area contributed by atoms with Gasteiger partial charge >= 0.3 is 0 Å². The Kier molecular flexibility index (Phi) is 2.30. The van der Waals surface area contributed by atoms with E-state index in [1.54, 1.807) is 6.07 Å². The van der Waals surface area contributed by atoms with Crippen LogP contribution in [0, 0.1) is 0 Å². The average Bonchev–Trinajstić information content (AvgIpc) is 3.18. The van der Waals surface area contributed by atoms with Gasteiger partial charge in [0.15, 0.2) is 17.0 Å². The summed E-state index contributed by atoms with van der Waals surface area (Å²) in [6.45, 7) is 0.184. The molecule has 2 aromatic carbocycles. The second-order valence-electron chi connectivity index (χ2n) is 5.23. The molecule has 0 spiro atoms. The topological polar surface area (TPSA) is 82.0 Å². The van der Waals surface area contributed by atoms with Gasteiger partial charge in [-0.3, -0.25) is 9.89 Å². The maximum atomic E-state index is 12.6. The molecule has 1 N–H and O–H groups in total. The molecule has 1 aliphatic heterocycles. The van der Waals surface area contributed by atoms with Gasteiger partial charge in [0.1, 0.15) is 0 Å². The summed E-state index contributed by atoms with van der Waals surface area (Å²) in [6.07, 6.45) is 0. The van der Waals surface area contributed by atoms with Gasteiger partial charge in [-0.25, -0.2) is 4.68 Å². The number of H-pyrrole nitrogens is 1. The van der Waals surface area contributed by atoms with E-state index in [9.17, 15) is 4.79 Å². The number of rotatable bonds is 1. The fourth-order valence-corrected chi connectivity index (χ4v) is 2.79. The molecule has 0 unspecified atom stereocenters. The second-order valence-corrected chi connectivity index (χ2v) is 5.23. The Bertz CT molecular complexity index is 1120. The van der Waals surface area contributed by atoms with Gasteiger partial charge < -0.3 is 9.47 Å². The average molecular weight is 306 g/mol. The molecule has 0 radical (unpaired) electrons. The van der Waals surface area contributed by atoms with Crippen molar-refractivity contribution in [2.75, 3.05) is 6.79 Å². The Labute approximate surface area is 129 Å². The summed E-state index contributed by atoms with van der Waals surface area (Å²) in [6, 6.07) is 12.9. The SMILES string of the molecule is O=c1c2nnc3cc4c(cc3c2[nH]n1-c1ccccc1)OCO4. The van der Waals surface area contributed by atoms with E-state index in [4.69, 9.17) is 9.47 Å². The number of hydrogen-bond donors (Lipinski definition) is 1. The normalized spacial score (nSPS) is 13.0. The van der Waals surface area contributed by atoms with Crippen LogP contribution in [0.3, 0.4) is 0 Å². The summed E-state index contributed by atoms with van der Waals surface area (Å²) in [5, 5.41) is 12.1. The third-order valence-electron chi connectivity index (χ3n) is 3.90. The van der Waals surface area contributed by atoms with Crippen LogP contribution in [0.5, 0.6) is 11.5 Å². The Morgan fingerprint density at radius 2 is 1.83 bits per heavy atom. The molecule has 2 aromatic heterocycles. The number of hydrogen-bond acceptors (Lipinski definition) is 5. The van der Waals surface area contributed by atoms with Crippen molar-refractivity contribution < 1.29 is 9.47 Å². The molecule has 0 amide bonds. The first-order valence-corrected chi connectivity index (χ1v) is 7.07. The van der Waals surface area contributed by atoms with Gasteiger partial charge in [0.2, 0.25) is 6.79 Å². The highest BCUT2D eigenvalue weighted by atomic mass is 16.7. The number of aromatic amines is 1. The molecule has 4 aromatic rings. The standard InChI is InChI=1S/C16H10N4O3/c21-16-15-14(19-20(16)9-4-2-1-3-5-9)10-6-12-13(23-8-22-12)7-11(10)17-18-15/h1-7,19H,8H2. The van der Waals surface area contributed by atoms with Gasteiger partial charge in [0.25, 0.3) is 5.56 Å². The van der Waals surface area contributed by atoms with Crippen molar-refractivity contribution in [2.45, 2.75) is 0 Å². The Morgan fingerprint density at radius 3 is 2.65 bits per heavy atom. The third-order valence-corrected chi connectivity index (χ3v) is 3.90. The van der Waals surface area contributed by atoms with E-state index in [0.717, 1.165) is 11.1 Å². The van der Waals surface area contributed by atoms with E-state index < -0.39 is 0 Å². The molecule has 23 heavy (non-hydrogen) atoms. The molecule has 7 heteroatoms. The summed E-state index contributed by atoms with van der Waals surface area (Å²) in [5.74, 6) is 1.27. The fourth-order valence-electron chi connectivity index (χ4n) is 2.79. The highest BCUT2D eigenvalue weighted by molar-refractivity contribution is 6.02. The maximum absolute atomic E-state index is 12.6. The molecule has 0 aliphatic carbocycles. The summed E-state index contributed by atoms with van der Waals surface area (Å²) in [4.78, 5) is 12.6. The van der Waals surface area contributed by atoms with Crippen molar-refractivity contribution >= 4 is 21.9 Å². The van der Waals surface area contributed by atoms with Gasteiger partial charge in [0, 0.05) is 11.5 Å². The Balaban J connectivity index is 1.86. The van der Waals surface area contributed by atoms with E-state index in [2.05, 4.69) is 15.3 Å². The molecule has 0 bridgehead atoms. The summed E-state index contributed by atoms with van der Waals surface area (Å²) < 4.78 is 12.2. The smallest absolute Gasteiger partial charge is 0.299 e. The van der Waals surface area contributed by atoms with E-state index in [0.29, 0.717) is 28.0 Å². The molecule has 0 fully saturated rings. The summed E-state index contributed by atoms with van der Waals surface area (Å²) >= 11 is 0. The van der Waals surface area contributed by atoms with Crippen LogP contribution >= 0.6 is 0 Å². The number of benzene rings is 2. The number of para-hydroxylation sites is 1. The zero-order valence-electron chi connectivity index (χ0n) is 11.8. The van der Waals surface area contributed by atoms with Crippen LogP contribution in [0.2, 0.25) is 0 Å². The number of ether oxygens (including phenoxy) is 2. The van der Waals surface area contributed by atoms with Gasteiger partial charge in [-0.05, 0) is 18.2 Å². The van der Waals surface area contributed by atoms with E-state index in [-0.39, 0.29) is 12.4 Å². The van der Waals surface area contributed by atoms with Crippen LogP contribution in [0.15, 0.2) is 47.3 Å². The van der Waals surface area contributed by atoms with Crippen LogP contribution in [0.4, 0.5) is 0 Å². The minimum atomic E-state index is -0.238. The predicted octanol–water partition coefficient (Wildman–Crippen LogP) is 1.99. The summed E-state index contributed by atoms with van der Waals surface area (Å²) in [5.41, 5.74) is 2.06. The largest absolute Gasteiger partial charge is 0.454 e. The Morgan fingerprint density at radius 1 is 1.04 bits per heavy atom. The lowest BCUT2D eigenvalue weighted by atomic mass is 10.2. The molecular weight excluding hydrogens is 296 g/mol. The first kappa shape index (κ1) is 12.2. The Hall–Kier alpha value is -3.35. The van der Waals surface area contributed by atoms with Crippen LogP contribution < -0.4 is 15.0 Å². The van der Waals surface area contributed by atoms with E-state index >= 15 is 0 Å². The minimum Gasteiger partial charge on any atom is -0.454 e. The molecule has 3 heterocycles. The van der Waals surface area contributed by atoms with Crippen molar-refractivity contribution in [3.63, 3.8) is 0 Å². The lowest BCUT2D eigenvalue weighted by Gasteiger charge is -2.01. The quantitative estimate of drug-likeness (QED) is 0.581. The number of fused-ring (bicyclic) bond motifs is 4. The molecular formula is C16H10N4O3. The summed E-state index contributed by atoms with van der Waals surface area (Å²) in [7, 11) is 0. The number of nitrogens with one attached hydrogen (secondary N) is 1. The lowest BCUT2D eigenvalue weighted by molar-refractivity contribution is 0.174. The molecule has 0 saturated heterocycles. The van der Waals surface area contributed by atoms with Gasteiger partial charge in [0.05, 0.1) is 16.7 Å². The highest BCUT2D eigenvalue weighted by Gasteiger charge is 2.19. The van der Waals surface area contributed by atoms with E-state index in [1.807, 2.05) is 36.4 Å². The predicted molar refractivity (Wildman–Crippen MR) is 83.1 cm³/mol. The van der Waals surface area contributed by atoms with Crippen molar-refractivity contribution in [3.8, 4) is 17.2 Å². The van der Waals surface area contributed by atoms with Crippen LogP contribution in [-0.2, 0) is 0 Å². The van der Waals surface area contributed by atoms with Gasteiger partial charge in [-0.1, -0.05) is 18.2 Å². The molecule has 112 valence electrons. The first-order chi connectivity index (χ1) is 11.3. The van der Waals surface area contributed by atoms with Crippen molar-refractivity contribution in [2.24, 2.45) is 0 Å².